The third-order valence-electron chi connectivity index (χ3n) is 6.54. The molecule has 0 aromatic heterocycles. The van der Waals surface area contributed by atoms with Crippen LogP contribution in [0.1, 0.15) is 0 Å². The van der Waals surface area contributed by atoms with Crippen LogP contribution >= 0.6 is 0 Å². The molecule has 0 spiro atoms. The van der Waals surface area contributed by atoms with Gasteiger partial charge in [0.2, 0.25) is 0 Å². The van der Waals surface area contributed by atoms with Gasteiger partial charge in [0, 0.05) is 0 Å². The van der Waals surface area contributed by atoms with Crippen LogP contribution in [0.3, 0.4) is 0 Å². The lowest BCUT2D eigenvalue weighted by atomic mass is 9.83. The largest absolute Gasteiger partial charge is 0.508 e. The Labute approximate surface area is 272 Å². The minimum atomic E-state index is -10.1. The zero-order valence-corrected chi connectivity index (χ0v) is 23.4. The van der Waals surface area contributed by atoms with Crippen LogP contribution in [0.5, 0.6) is 11.5 Å². The molecule has 1 rings (SSSR count). The van der Waals surface area contributed by atoms with Crippen molar-refractivity contribution in [2.45, 2.75) is 89.3 Å². The second kappa shape index (κ2) is 12.3. The lowest BCUT2D eigenvalue weighted by molar-refractivity contribution is -0.491. The van der Waals surface area contributed by atoms with Crippen LogP contribution in [-0.4, -0.2) is 94.4 Å². The molecular formula is C21H5F31O2. The van der Waals surface area contributed by atoms with Gasteiger partial charge in [-0.1, -0.05) is 0 Å². The highest BCUT2D eigenvalue weighted by Crippen LogP contribution is 2.69. The Hall–Kier alpha value is -3.35. The first-order valence-corrected chi connectivity index (χ1v) is 11.8. The standard InChI is InChI=1S/C21H5F31O2/c22-7(23,8(24,25)10(28,29)12(32,33)14(36,37)16(40,41)18(44,45)20(48,49)50)9(26,27)11(30,31)13(34,35)15(38,39)17(42,43)19(46,47)21(51,52)54-6-3-1-5(53)2-4-6/h1-4,53H. The molecule has 0 fully saturated rings. The maximum Gasteiger partial charge on any atom is 0.471 e. The molecule has 2 nitrogen and oxygen atoms in total. The maximum atomic E-state index is 14.0. The van der Waals surface area contributed by atoms with Gasteiger partial charge in [0.05, 0.1) is 0 Å². The van der Waals surface area contributed by atoms with Crippen molar-refractivity contribution in [2.24, 2.45) is 0 Å². The molecular weight excluding hydrogens is 873 g/mol. The van der Waals surface area contributed by atoms with Crippen LogP contribution < -0.4 is 4.74 Å². The minimum absolute atomic E-state index is 0.104. The molecule has 0 saturated carbocycles. The molecule has 33 heteroatoms. The third-order valence-corrected chi connectivity index (χ3v) is 6.54. The zero-order chi connectivity index (χ0) is 44.2. The van der Waals surface area contributed by atoms with Crippen LogP contribution in [0.25, 0.3) is 0 Å². The second-order valence-electron chi connectivity index (χ2n) is 10.1. The summed E-state index contributed by atoms with van der Waals surface area (Å²) in [5.41, 5.74) is 0. The monoisotopic (exact) mass is 878 g/mol. The highest BCUT2D eigenvalue weighted by atomic mass is 19.4. The van der Waals surface area contributed by atoms with Gasteiger partial charge in [0.15, 0.2) is 0 Å². The van der Waals surface area contributed by atoms with Gasteiger partial charge in [-0.05, 0) is 24.3 Å². The molecule has 1 aromatic carbocycles. The molecule has 318 valence electrons. The fourth-order valence-corrected chi connectivity index (χ4v) is 3.26. The molecule has 0 radical (unpaired) electrons. The van der Waals surface area contributed by atoms with E-state index < -0.39 is 101 Å². The number of aromatic hydroxyl groups is 1. The average Bonchev–Trinajstić information content (AvgIpc) is 2.96. The summed E-state index contributed by atoms with van der Waals surface area (Å²) in [7, 11) is 0. The quantitative estimate of drug-likeness (QED) is 0.178. The molecule has 0 amide bonds. The lowest BCUT2D eigenvalue weighted by Crippen LogP contribution is -2.79. The molecule has 0 atom stereocenters. The number of hydrogen-bond donors (Lipinski definition) is 1. The van der Waals surface area contributed by atoms with E-state index >= 15 is 0 Å². The van der Waals surface area contributed by atoms with Crippen molar-refractivity contribution in [1.29, 1.82) is 0 Å². The highest BCUT2D eigenvalue weighted by molar-refractivity contribution is 5.31. The molecule has 0 unspecified atom stereocenters. The summed E-state index contributed by atoms with van der Waals surface area (Å²) in [6, 6.07) is -0.154. The summed E-state index contributed by atoms with van der Waals surface area (Å²) in [5, 5.41) is 8.86. The van der Waals surface area contributed by atoms with Crippen LogP contribution in [0, 0.1) is 0 Å². The third kappa shape index (κ3) is 5.83. The molecule has 1 aromatic rings. The predicted molar refractivity (Wildman–Crippen MR) is 104 cm³/mol. The summed E-state index contributed by atoms with van der Waals surface area (Å²) in [5.74, 6) is -128. The second-order valence-corrected chi connectivity index (χ2v) is 10.1. The van der Waals surface area contributed by atoms with Gasteiger partial charge in [-0.3, -0.25) is 0 Å². The number of halogens is 31. The number of benzene rings is 1. The Morgan fingerprint density at radius 3 is 0.667 bits per heavy atom. The molecule has 54 heavy (non-hydrogen) atoms. The van der Waals surface area contributed by atoms with Crippen LogP contribution in [0.2, 0.25) is 0 Å². The van der Waals surface area contributed by atoms with Gasteiger partial charge < -0.3 is 9.84 Å². The first-order valence-electron chi connectivity index (χ1n) is 11.8. The SMILES string of the molecule is Oc1ccc(OC(F)(F)C(F)(F)C(F)(F)C(F)(F)C(F)(F)C(F)(F)C(F)(F)C(F)(F)C(F)(F)C(F)(F)C(F)(F)C(F)(F)C(F)(F)C(F)(F)C(F)(F)F)cc1. The molecule has 1 N–H and O–H groups in total. The van der Waals surface area contributed by atoms with Crippen molar-refractivity contribution in [3.63, 3.8) is 0 Å². The van der Waals surface area contributed by atoms with Crippen LogP contribution in [-0.2, 0) is 0 Å². The van der Waals surface area contributed by atoms with Crippen LogP contribution in [0.4, 0.5) is 136 Å². The number of hydrogen-bond acceptors (Lipinski definition) is 2. The summed E-state index contributed by atoms with van der Waals surface area (Å²) in [6.45, 7) is 0. The Kier molecular flexibility index (Phi) is 11.1. The summed E-state index contributed by atoms with van der Waals surface area (Å²) >= 11 is 0. The van der Waals surface area contributed by atoms with Gasteiger partial charge in [0.25, 0.3) is 0 Å². The van der Waals surface area contributed by atoms with Crippen molar-refractivity contribution < 1.29 is 146 Å². The van der Waals surface area contributed by atoms with Gasteiger partial charge in [-0.25, -0.2) is 0 Å². The number of rotatable bonds is 15. The van der Waals surface area contributed by atoms with E-state index in [0.717, 1.165) is 0 Å². The van der Waals surface area contributed by atoms with E-state index in [2.05, 4.69) is 4.74 Å². The predicted octanol–water partition coefficient (Wildman–Crippen LogP) is 11.2. The van der Waals surface area contributed by atoms with E-state index in [1.54, 1.807) is 0 Å². The average molecular weight is 878 g/mol. The van der Waals surface area contributed by atoms with Gasteiger partial charge in [-0.2, -0.15) is 136 Å². The van der Waals surface area contributed by atoms with Gasteiger partial charge >= 0.3 is 89.3 Å². The van der Waals surface area contributed by atoms with Crippen molar-refractivity contribution >= 4 is 0 Å². The Morgan fingerprint density at radius 2 is 0.463 bits per heavy atom. The molecule has 0 aliphatic carbocycles. The topological polar surface area (TPSA) is 29.5 Å². The molecule has 0 aliphatic heterocycles. The van der Waals surface area contributed by atoms with Gasteiger partial charge in [0.1, 0.15) is 11.5 Å². The first-order chi connectivity index (χ1) is 23.0. The number of phenolic OH excluding ortho intramolecular Hbond substituents is 1. The highest BCUT2D eigenvalue weighted by Gasteiger charge is 3.01. The molecule has 0 saturated heterocycles. The molecule has 0 heterocycles. The van der Waals surface area contributed by atoms with E-state index in [1.165, 1.54) is 0 Å². The summed E-state index contributed by atoms with van der Waals surface area (Å²) in [4.78, 5) is 0. The van der Waals surface area contributed by atoms with E-state index in [-0.39, 0.29) is 24.3 Å². The normalized spacial score (nSPS) is 16.5. The summed E-state index contributed by atoms with van der Waals surface area (Å²) < 4.78 is 423. The van der Waals surface area contributed by atoms with Crippen molar-refractivity contribution in [3.8, 4) is 11.5 Å². The van der Waals surface area contributed by atoms with E-state index in [0.29, 0.717) is 0 Å². The van der Waals surface area contributed by atoms with E-state index in [9.17, 15) is 136 Å². The number of alkyl halides is 31. The van der Waals surface area contributed by atoms with E-state index in [1.807, 2.05) is 0 Å². The fourth-order valence-electron chi connectivity index (χ4n) is 3.26. The van der Waals surface area contributed by atoms with Crippen molar-refractivity contribution in [1.82, 2.24) is 0 Å². The maximum absolute atomic E-state index is 14.0. The van der Waals surface area contributed by atoms with E-state index in [4.69, 9.17) is 5.11 Å². The number of phenols is 1. The van der Waals surface area contributed by atoms with Crippen LogP contribution in [0.15, 0.2) is 24.3 Å². The van der Waals surface area contributed by atoms with Crippen molar-refractivity contribution in [2.75, 3.05) is 0 Å². The minimum Gasteiger partial charge on any atom is -0.508 e. The summed E-state index contributed by atoms with van der Waals surface area (Å²) in [6.07, 6.45) is -15.9. The smallest absolute Gasteiger partial charge is 0.471 e. The molecule has 0 aliphatic rings. The Balaban J connectivity index is 3.96. The van der Waals surface area contributed by atoms with Crippen molar-refractivity contribution in [3.05, 3.63) is 24.3 Å². The Morgan fingerprint density at radius 1 is 0.278 bits per heavy atom. The number of ether oxygens (including phenoxy) is 1. The Bertz CT molecular complexity index is 1500. The zero-order valence-electron chi connectivity index (χ0n) is 23.4. The van der Waals surface area contributed by atoms with Gasteiger partial charge in [-0.15, -0.1) is 0 Å². The lowest BCUT2D eigenvalue weighted by Gasteiger charge is -2.46. The fraction of sp³-hybridized carbons (Fsp3) is 0.714. The first kappa shape index (κ1) is 48.7. The molecule has 0 bridgehead atoms.